The molecular formula is C6H12Cl3N3OS. The van der Waals surface area contributed by atoms with E-state index in [1.807, 2.05) is 19.0 Å². The van der Waals surface area contributed by atoms with Gasteiger partial charge in [0, 0.05) is 0 Å². The first kappa shape index (κ1) is 14.6. The van der Waals surface area contributed by atoms with Crippen molar-refractivity contribution in [2.45, 2.75) is 10.0 Å². The molecule has 0 aliphatic heterocycles. The minimum Gasteiger partial charge on any atom is -0.378 e. The van der Waals surface area contributed by atoms with E-state index in [0.717, 1.165) is 0 Å². The number of aliphatic imine (C=N–C) groups is 1. The summed E-state index contributed by atoms with van der Waals surface area (Å²) in [6.07, 6.45) is -1.44. The maximum Gasteiger partial charge on any atom is 0.236 e. The van der Waals surface area contributed by atoms with Crippen LogP contribution in [0.15, 0.2) is 4.99 Å². The smallest absolute Gasteiger partial charge is 0.236 e. The van der Waals surface area contributed by atoms with Crippen LogP contribution in [0.4, 0.5) is 0 Å². The highest BCUT2D eigenvalue weighted by Crippen LogP contribution is 2.31. The van der Waals surface area contributed by atoms with E-state index in [-0.39, 0.29) is 5.17 Å². The number of aliphatic hydroxyl groups excluding tert-OH is 1. The Balaban J connectivity index is 4.10. The molecule has 0 saturated heterocycles. The molecule has 0 saturated carbocycles. The van der Waals surface area contributed by atoms with Crippen LogP contribution in [0.1, 0.15) is 0 Å². The van der Waals surface area contributed by atoms with Gasteiger partial charge < -0.3 is 10.8 Å². The molecule has 0 aromatic rings. The van der Waals surface area contributed by atoms with E-state index in [9.17, 15) is 5.11 Å². The number of aliphatic hydroxyl groups is 1. The molecule has 0 bridgehead atoms. The summed E-state index contributed by atoms with van der Waals surface area (Å²) in [5.74, 6) is 0.641. The lowest BCUT2D eigenvalue weighted by atomic mass is 10.7. The van der Waals surface area contributed by atoms with E-state index in [1.54, 1.807) is 0 Å². The van der Waals surface area contributed by atoms with Gasteiger partial charge in [0.15, 0.2) is 11.4 Å². The SMILES string of the molecule is CN(C)CSC(N)=N[C@@H](O)C(Cl)(Cl)Cl. The Hall–Kier alpha value is 0.610. The standard InChI is InChI=1S/C6H12Cl3N3OS/c1-12(2)3-14-5(10)11-4(13)6(7,8)9/h4,13H,3H2,1-2H3,(H2,10,11)/t4-/m0/s1. The zero-order valence-corrected chi connectivity index (χ0v) is 10.8. The fourth-order valence-electron chi connectivity index (χ4n) is 0.426. The summed E-state index contributed by atoms with van der Waals surface area (Å²) in [6, 6.07) is 0. The molecule has 0 rings (SSSR count). The van der Waals surface area contributed by atoms with Gasteiger partial charge in [0.2, 0.25) is 3.79 Å². The maximum atomic E-state index is 9.23. The summed E-state index contributed by atoms with van der Waals surface area (Å²) in [7, 11) is 3.76. The molecule has 3 N–H and O–H groups in total. The van der Waals surface area contributed by atoms with Crippen molar-refractivity contribution in [1.29, 1.82) is 0 Å². The van der Waals surface area contributed by atoms with Gasteiger partial charge in [-0.25, -0.2) is 4.99 Å². The van der Waals surface area contributed by atoms with Crippen molar-refractivity contribution in [3.05, 3.63) is 0 Å². The third-order valence-corrected chi connectivity index (χ3v) is 2.65. The number of nitrogens with two attached hydrogens (primary N) is 1. The molecule has 0 amide bonds. The molecule has 0 aromatic heterocycles. The van der Waals surface area contributed by atoms with Crippen LogP contribution in [-0.2, 0) is 0 Å². The average Bonchev–Trinajstić information content (AvgIpc) is 1.99. The summed E-state index contributed by atoms with van der Waals surface area (Å²) >= 11 is 17.4. The van der Waals surface area contributed by atoms with E-state index in [0.29, 0.717) is 5.88 Å². The van der Waals surface area contributed by atoms with Crippen molar-refractivity contribution in [3.8, 4) is 0 Å². The molecule has 0 radical (unpaired) electrons. The molecule has 0 aromatic carbocycles. The van der Waals surface area contributed by atoms with Crippen molar-refractivity contribution < 1.29 is 5.11 Å². The second kappa shape index (κ2) is 6.25. The molecule has 0 heterocycles. The van der Waals surface area contributed by atoms with E-state index < -0.39 is 10.0 Å². The quantitative estimate of drug-likeness (QED) is 0.353. The lowest BCUT2D eigenvalue weighted by molar-refractivity contribution is 0.189. The Bertz CT molecular complexity index is 207. The average molecular weight is 281 g/mol. The highest BCUT2D eigenvalue weighted by atomic mass is 35.6. The molecule has 0 aliphatic carbocycles. The molecular weight excluding hydrogens is 269 g/mol. The minimum absolute atomic E-state index is 0.178. The van der Waals surface area contributed by atoms with Gasteiger partial charge in [0.1, 0.15) is 0 Å². The summed E-state index contributed by atoms with van der Waals surface area (Å²) in [4.78, 5) is 5.51. The molecule has 4 nitrogen and oxygen atoms in total. The fraction of sp³-hybridized carbons (Fsp3) is 0.833. The predicted molar refractivity (Wildman–Crippen MR) is 64.1 cm³/mol. The van der Waals surface area contributed by atoms with Gasteiger partial charge in [-0.1, -0.05) is 46.6 Å². The van der Waals surface area contributed by atoms with E-state index in [1.165, 1.54) is 11.8 Å². The Morgan fingerprint density at radius 2 is 2.07 bits per heavy atom. The van der Waals surface area contributed by atoms with Crippen LogP contribution in [-0.4, -0.2) is 45.2 Å². The van der Waals surface area contributed by atoms with Crippen LogP contribution in [0.5, 0.6) is 0 Å². The summed E-state index contributed by atoms with van der Waals surface area (Å²) < 4.78 is -1.84. The Labute approximate surface area is 102 Å². The van der Waals surface area contributed by atoms with Crippen LogP contribution in [0, 0.1) is 0 Å². The van der Waals surface area contributed by atoms with Gasteiger partial charge in [-0.2, -0.15) is 0 Å². The minimum atomic E-state index is -1.84. The number of amidine groups is 1. The van der Waals surface area contributed by atoms with Gasteiger partial charge >= 0.3 is 0 Å². The molecule has 8 heteroatoms. The Morgan fingerprint density at radius 3 is 2.43 bits per heavy atom. The fourth-order valence-corrected chi connectivity index (χ4v) is 1.14. The molecule has 1 atom stereocenters. The van der Waals surface area contributed by atoms with Crippen LogP contribution in [0.2, 0.25) is 0 Å². The lowest BCUT2D eigenvalue weighted by Crippen LogP contribution is -2.26. The van der Waals surface area contributed by atoms with E-state index in [2.05, 4.69) is 4.99 Å². The summed E-state index contributed by atoms with van der Waals surface area (Å²) in [5.41, 5.74) is 5.47. The van der Waals surface area contributed by atoms with E-state index in [4.69, 9.17) is 40.5 Å². The molecule has 0 unspecified atom stereocenters. The predicted octanol–water partition coefficient (Wildman–Crippen LogP) is 1.24. The maximum absolute atomic E-state index is 9.23. The zero-order valence-electron chi connectivity index (χ0n) is 7.75. The highest BCUT2D eigenvalue weighted by Gasteiger charge is 2.30. The first-order valence-electron chi connectivity index (χ1n) is 3.59. The number of hydrogen-bond donors (Lipinski definition) is 2. The Kier molecular flexibility index (Phi) is 6.52. The number of halogens is 3. The van der Waals surface area contributed by atoms with Gasteiger partial charge in [-0.3, -0.25) is 4.90 Å². The second-order valence-corrected chi connectivity index (χ2v) is 6.07. The van der Waals surface area contributed by atoms with Crippen molar-refractivity contribution in [3.63, 3.8) is 0 Å². The van der Waals surface area contributed by atoms with E-state index >= 15 is 0 Å². The monoisotopic (exact) mass is 279 g/mol. The normalized spacial score (nSPS) is 16.1. The first-order valence-corrected chi connectivity index (χ1v) is 5.71. The number of alkyl halides is 3. The largest absolute Gasteiger partial charge is 0.378 e. The van der Waals surface area contributed by atoms with Crippen molar-refractivity contribution >= 4 is 51.7 Å². The van der Waals surface area contributed by atoms with Gasteiger partial charge in [0.05, 0.1) is 5.88 Å². The van der Waals surface area contributed by atoms with Crippen LogP contribution >= 0.6 is 46.6 Å². The summed E-state index contributed by atoms with van der Waals surface area (Å²) in [5, 5.41) is 9.41. The van der Waals surface area contributed by atoms with Crippen LogP contribution < -0.4 is 5.73 Å². The zero-order chi connectivity index (χ0) is 11.4. The molecule has 0 aliphatic rings. The molecule has 0 fully saturated rings. The Morgan fingerprint density at radius 1 is 1.57 bits per heavy atom. The highest BCUT2D eigenvalue weighted by molar-refractivity contribution is 8.13. The number of thioether (sulfide) groups is 1. The van der Waals surface area contributed by atoms with Crippen molar-refractivity contribution in [2.75, 3.05) is 20.0 Å². The summed E-state index contributed by atoms with van der Waals surface area (Å²) in [6.45, 7) is 0. The number of nitrogens with zero attached hydrogens (tertiary/aromatic N) is 2. The molecule has 14 heavy (non-hydrogen) atoms. The topological polar surface area (TPSA) is 61.8 Å². The second-order valence-electron chi connectivity index (χ2n) is 2.74. The third-order valence-electron chi connectivity index (χ3n) is 1.01. The number of hydrogen-bond acceptors (Lipinski definition) is 4. The lowest BCUT2D eigenvalue weighted by Gasteiger charge is -2.15. The van der Waals surface area contributed by atoms with Crippen molar-refractivity contribution in [2.24, 2.45) is 10.7 Å². The van der Waals surface area contributed by atoms with Crippen LogP contribution in [0.25, 0.3) is 0 Å². The van der Waals surface area contributed by atoms with Crippen LogP contribution in [0.3, 0.4) is 0 Å². The number of rotatable bonds is 3. The molecule has 0 spiro atoms. The third kappa shape index (κ3) is 6.98. The van der Waals surface area contributed by atoms with Gasteiger partial charge in [-0.05, 0) is 14.1 Å². The van der Waals surface area contributed by atoms with Gasteiger partial charge in [-0.15, -0.1) is 0 Å². The molecule has 84 valence electrons. The first-order chi connectivity index (χ1) is 6.23. The van der Waals surface area contributed by atoms with Gasteiger partial charge in [0.25, 0.3) is 0 Å². The van der Waals surface area contributed by atoms with Crippen molar-refractivity contribution in [1.82, 2.24) is 4.90 Å².